The third kappa shape index (κ3) is 3.13. The molecule has 0 radical (unpaired) electrons. The number of hydrogen-bond acceptors (Lipinski definition) is 1. The number of carbonyl (C=O) groups is 1. The third-order valence-corrected chi connectivity index (χ3v) is 3.89. The summed E-state index contributed by atoms with van der Waals surface area (Å²) in [4.78, 5) is 14.7. The van der Waals surface area contributed by atoms with Crippen LogP contribution in [0.15, 0.2) is 48.5 Å². The molecule has 2 nitrogen and oxygen atoms in total. The Labute approximate surface area is 124 Å². The van der Waals surface area contributed by atoms with Crippen LogP contribution in [-0.2, 0) is 6.54 Å². The molecule has 1 aliphatic carbocycles. The van der Waals surface area contributed by atoms with E-state index in [2.05, 4.69) is 0 Å². The van der Waals surface area contributed by atoms with Gasteiger partial charge in [-0.25, -0.2) is 4.39 Å². The highest BCUT2D eigenvalue weighted by Crippen LogP contribution is 2.30. The van der Waals surface area contributed by atoms with E-state index in [1.54, 1.807) is 12.1 Å². The second kappa shape index (κ2) is 5.68. The number of halogens is 1. The molecule has 2 aromatic rings. The smallest absolute Gasteiger partial charge is 0.254 e. The van der Waals surface area contributed by atoms with Gasteiger partial charge in [0.05, 0.1) is 0 Å². The van der Waals surface area contributed by atoms with E-state index in [4.69, 9.17) is 0 Å². The Kier molecular flexibility index (Phi) is 3.74. The molecular weight excluding hydrogens is 265 g/mol. The fourth-order valence-corrected chi connectivity index (χ4v) is 2.51. The SMILES string of the molecule is Cc1ccccc1C(=O)N(Cc1ccc(F)cc1)C1CC1. The van der Waals surface area contributed by atoms with E-state index in [1.165, 1.54) is 12.1 Å². The van der Waals surface area contributed by atoms with Crippen molar-refractivity contribution in [2.75, 3.05) is 0 Å². The molecule has 1 fully saturated rings. The summed E-state index contributed by atoms with van der Waals surface area (Å²) in [5.74, 6) is -0.179. The average molecular weight is 283 g/mol. The summed E-state index contributed by atoms with van der Waals surface area (Å²) >= 11 is 0. The molecule has 0 N–H and O–H groups in total. The van der Waals surface area contributed by atoms with Crippen molar-refractivity contribution in [3.63, 3.8) is 0 Å². The molecule has 0 heterocycles. The van der Waals surface area contributed by atoms with Crippen molar-refractivity contribution < 1.29 is 9.18 Å². The summed E-state index contributed by atoms with van der Waals surface area (Å²) in [5.41, 5.74) is 2.71. The fraction of sp³-hybridized carbons (Fsp3) is 0.278. The summed E-state index contributed by atoms with van der Waals surface area (Å²) in [6, 6.07) is 14.4. The molecule has 1 aliphatic rings. The van der Waals surface area contributed by atoms with E-state index < -0.39 is 0 Å². The second-order valence-corrected chi connectivity index (χ2v) is 5.61. The van der Waals surface area contributed by atoms with Crippen molar-refractivity contribution in [2.24, 2.45) is 0 Å². The lowest BCUT2D eigenvalue weighted by molar-refractivity contribution is 0.0729. The Morgan fingerprint density at radius 3 is 2.43 bits per heavy atom. The van der Waals surface area contributed by atoms with Gasteiger partial charge in [-0.1, -0.05) is 30.3 Å². The normalized spacial score (nSPS) is 14.0. The predicted molar refractivity (Wildman–Crippen MR) is 80.5 cm³/mol. The zero-order valence-electron chi connectivity index (χ0n) is 12.1. The number of rotatable bonds is 4. The zero-order valence-corrected chi connectivity index (χ0v) is 12.1. The molecule has 0 aromatic heterocycles. The monoisotopic (exact) mass is 283 g/mol. The van der Waals surface area contributed by atoms with E-state index in [9.17, 15) is 9.18 Å². The number of benzene rings is 2. The van der Waals surface area contributed by atoms with Crippen LogP contribution in [0, 0.1) is 12.7 Å². The van der Waals surface area contributed by atoms with Gasteiger partial charge in [-0.3, -0.25) is 4.79 Å². The summed E-state index contributed by atoms with van der Waals surface area (Å²) in [6.07, 6.45) is 2.11. The van der Waals surface area contributed by atoms with Gasteiger partial charge in [0.25, 0.3) is 5.91 Å². The summed E-state index contributed by atoms with van der Waals surface area (Å²) in [5, 5.41) is 0. The highest BCUT2D eigenvalue weighted by Gasteiger charge is 2.33. The first-order chi connectivity index (χ1) is 10.1. The molecule has 108 valence electrons. The maximum absolute atomic E-state index is 13.0. The first-order valence-electron chi connectivity index (χ1n) is 7.26. The van der Waals surface area contributed by atoms with Gasteiger partial charge in [0.1, 0.15) is 5.82 Å². The molecular formula is C18H18FNO. The van der Waals surface area contributed by atoms with Crippen molar-refractivity contribution in [1.29, 1.82) is 0 Å². The number of carbonyl (C=O) groups excluding carboxylic acids is 1. The topological polar surface area (TPSA) is 20.3 Å². The second-order valence-electron chi connectivity index (χ2n) is 5.61. The number of hydrogen-bond donors (Lipinski definition) is 0. The van der Waals surface area contributed by atoms with Crippen LogP contribution < -0.4 is 0 Å². The molecule has 0 spiro atoms. The van der Waals surface area contributed by atoms with Crippen molar-refractivity contribution in [2.45, 2.75) is 32.4 Å². The van der Waals surface area contributed by atoms with Crippen LogP contribution in [0.3, 0.4) is 0 Å². The fourth-order valence-electron chi connectivity index (χ4n) is 2.51. The van der Waals surface area contributed by atoms with Crippen LogP contribution in [0.2, 0.25) is 0 Å². The van der Waals surface area contributed by atoms with E-state index in [0.29, 0.717) is 12.6 Å². The Hall–Kier alpha value is -2.16. The van der Waals surface area contributed by atoms with Gasteiger partial charge in [0.15, 0.2) is 0 Å². The molecule has 0 bridgehead atoms. The molecule has 0 aliphatic heterocycles. The lowest BCUT2D eigenvalue weighted by atomic mass is 10.1. The van der Waals surface area contributed by atoms with Crippen LogP contribution in [0.25, 0.3) is 0 Å². The minimum absolute atomic E-state index is 0.0694. The van der Waals surface area contributed by atoms with Crippen LogP contribution in [-0.4, -0.2) is 16.8 Å². The van der Waals surface area contributed by atoms with Crippen molar-refractivity contribution in [3.05, 3.63) is 71.0 Å². The van der Waals surface area contributed by atoms with Gasteiger partial charge in [-0.2, -0.15) is 0 Å². The van der Waals surface area contributed by atoms with E-state index in [1.807, 2.05) is 36.1 Å². The average Bonchev–Trinajstić information content (AvgIpc) is 3.31. The van der Waals surface area contributed by atoms with Crippen molar-refractivity contribution in [1.82, 2.24) is 4.90 Å². The minimum atomic E-state index is -0.248. The molecule has 0 unspecified atom stereocenters. The molecule has 1 amide bonds. The number of nitrogens with zero attached hydrogens (tertiary/aromatic N) is 1. The molecule has 2 aromatic carbocycles. The van der Waals surface area contributed by atoms with Crippen LogP contribution in [0.5, 0.6) is 0 Å². The molecule has 0 saturated heterocycles. The van der Waals surface area contributed by atoms with Gasteiger partial charge in [-0.15, -0.1) is 0 Å². The minimum Gasteiger partial charge on any atom is -0.331 e. The van der Waals surface area contributed by atoms with Crippen molar-refractivity contribution >= 4 is 5.91 Å². The van der Waals surface area contributed by atoms with E-state index in [0.717, 1.165) is 29.5 Å². The van der Waals surface area contributed by atoms with Gasteiger partial charge in [0, 0.05) is 18.2 Å². The largest absolute Gasteiger partial charge is 0.331 e. The van der Waals surface area contributed by atoms with Gasteiger partial charge in [-0.05, 0) is 49.1 Å². The first-order valence-corrected chi connectivity index (χ1v) is 7.26. The zero-order chi connectivity index (χ0) is 14.8. The Morgan fingerprint density at radius 2 is 1.81 bits per heavy atom. The predicted octanol–water partition coefficient (Wildman–Crippen LogP) is 3.94. The van der Waals surface area contributed by atoms with Gasteiger partial charge < -0.3 is 4.90 Å². The summed E-state index contributed by atoms with van der Waals surface area (Å²) in [7, 11) is 0. The van der Waals surface area contributed by atoms with Crippen molar-refractivity contribution in [3.8, 4) is 0 Å². The molecule has 1 saturated carbocycles. The standard InChI is InChI=1S/C18H18FNO/c1-13-4-2-3-5-17(13)18(21)20(16-10-11-16)12-14-6-8-15(19)9-7-14/h2-9,16H,10-12H2,1H3. The maximum atomic E-state index is 13.0. The first kappa shape index (κ1) is 13.8. The summed E-state index contributed by atoms with van der Waals surface area (Å²) in [6.45, 7) is 2.49. The van der Waals surface area contributed by atoms with Gasteiger partial charge >= 0.3 is 0 Å². The Balaban J connectivity index is 1.83. The lowest BCUT2D eigenvalue weighted by Gasteiger charge is -2.23. The molecule has 3 heteroatoms. The Bertz CT molecular complexity index is 647. The quantitative estimate of drug-likeness (QED) is 0.832. The van der Waals surface area contributed by atoms with E-state index >= 15 is 0 Å². The van der Waals surface area contributed by atoms with Crippen LogP contribution >= 0.6 is 0 Å². The molecule has 3 rings (SSSR count). The van der Waals surface area contributed by atoms with Crippen LogP contribution in [0.4, 0.5) is 4.39 Å². The molecule has 0 atom stereocenters. The maximum Gasteiger partial charge on any atom is 0.254 e. The highest BCUT2D eigenvalue weighted by molar-refractivity contribution is 5.96. The Morgan fingerprint density at radius 1 is 1.14 bits per heavy atom. The summed E-state index contributed by atoms with van der Waals surface area (Å²) < 4.78 is 13.0. The highest BCUT2D eigenvalue weighted by atomic mass is 19.1. The van der Waals surface area contributed by atoms with Gasteiger partial charge in [0.2, 0.25) is 0 Å². The molecule has 21 heavy (non-hydrogen) atoms. The lowest BCUT2D eigenvalue weighted by Crippen LogP contribution is -2.33. The third-order valence-electron chi connectivity index (χ3n) is 3.89. The number of aryl methyl sites for hydroxylation is 1. The number of amides is 1. The van der Waals surface area contributed by atoms with E-state index in [-0.39, 0.29) is 11.7 Å². The van der Waals surface area contributed by atoms with Crippen LogP contribution in [0.1, 0.15) is 34.3 Å².